The zero-order valence-electron chi connectivity index (χ0n) is 10.8. The lowest BCUT2D eigenvalue weighted by molar-refractivity contribution is -0.145. The highest BCUT2D eigenvalue weighted by Crippen LogP contribution is 2.38. The molecule has 0 saturated carbocycles. The third-order valence-electron chi connectivity index (χ3n) is 3.63. The van der Waals surface area contributed by atoms with Crippen molar-refractivity contribution in [3.63, 3.8) is 0 Å². The standard InChI is InChI=1S/C14H22O3/c1-10(2)8-12(16)13(17)14(9-15)7-5-4-6-11(14)3/h4,6,9-12,16H,5,7-8H2,1-3H3. The second-order valence-electron chi connectivity index (χ2n) is 5.42. The van der Waals surface area contributed by atoms with Crippen LogP contribution in [0.25, 0.3) is 0 Å². The van der Waals surface area contributed by atoms with Crippen LogP contribution < -0.4 is 0 Å². The van der Waals surface area contributed by atoms with Gasteiger partial charge in [-0.25, -0.2) is 0 Å². The van der Waals surface area contributed by atoms with Crippen molar-refractivity contribution in [1.29, 1.82) is 0 Å². The van der Waals surface area contributed by atoms with Crippen molar-refractivity contribution in [1.82, 2.24) is 0 Å². The minimum Gasteiger partial charge on any atom is -0.385 e. The quantitative estimate of drug-likeness (QED) is 0.453. The first-order valence-electron chi connectivity index (χ1n) is 6.29. The van der Waals surface area contributed by atoms with Crippen LogP contribution in [0.5, 0.6) is 0 Å². The molecular weight excluding hydrogens is 216 g/mol. The predicted octanol–water partition coefficient (Wildman–Crippen LogP) is 2.13. The van der Waals surface area contributed by atoms with E-state index in [2.05, 4.69) is 0 Å². The Kier molecular flexibility index (Phi) is 4.63. The van der Waals surface area contributed by atoms with Gasteiger partial charge in [0.15, 0.2) is 5.78 Å². The van der Waals surface area contributed by atoms with Crippen LogP contribution in [0.15, 0.2) is 12.2 Å². The summed E-state index contributed by atoms with van der Waals surface area (Å²) >= 11 is 0. The van der Waals surface area contributed by atoms with Gasteiger partial charge in [0, 0.05) is 0 Å². The van der Waals surface area contributed by atoms with Gasteiger partial charge in [0.1, 0.15) is 12.4 Å². The molecule has 1 N–H and O–H groups in total. The van der Waals surface area contributed by atoms with Gasteiger partial charge in [-0.2, -0.15) is 0 Å². The van der Waals surface area contributed by atoms with Crippen LogP contribution in [0.3, 0.4) is 0 Å². The van der Waals surface area contributed by atoms with E-state index in [1.54, 1.807) is 0 Å². The number of hydrogen-bond donors (Lipinski definition) is 1. The molecule has 96 valence electrons. The van der Waals surface area contributed by atoms with Gasteiger partial charge < -0.3 is 9.90 Å². The highest BCUT2D eigenvalue weighted by molar-refractivity contribution is 6.01. The SMILES string of the molecule is CC(C)CC(O)C(=O)C1(C=O)CCC=CC1C. The van der Waals surface area contributed by atoms with E-state index in [0.29, 0.717) is 12.8 Å². The smallest absolute Gasteiger partial charge is 0.175 e. The zero-order valence-corrected chi connectivity index (χ0v) is 10.8. The molecule has 3 unspecified atom stereocenters. The van der Waals surface area contributed by atoms with Crippen molar-refractivity contribution in [2.45, 2.75) is 46.1 Å². The molecule has 0 aromatic carbocycles. The minimum absolute atomic E-state index is 0.122. The average Bonchev–Trinajstić information content (AvgIpc) is 2.28. The molecule has 0 saturated heterocycles. The van der Waals surface area contributed by atoms with Gasteiger partial charge >= 0.3 is 0 Å². The fourth-order valence-electron chi connectivity index (χ4n) is 2.46. The van der Waals surface area contributed by atoms with Gasteiger partial charge in [0.2, 0.25) is 0 Å². The third-order valence-corrected chi connectivity index (χ3v) is 3.63. The summed E-state index contributed by atoms with van der Waals surface area (Å²) in [5.41, 5.74) is -1.01. The van der Waals surface area contributed by atoms with Crippen molar-refractivity contribution in [2.75, 3.05) is 0 Å². The number of allylic oxidation sites excluding steroid dienone is 2. The summed E-state index contributed by atoms with van der Waals surface area (Å²) in [4.78, 5) is 23.6. The lowest BCUT2D eigenvalue weighted by atomic mass is 9.66. The Morgan fingerprint density at radius 1 is 1.59 bits per heavy atom. The van der Waals surface area contributed by atoms with E-state index >= 15 is 0 Å². The van der Waals surface area contributed by atoms with E-state index in [1.807, 2.05) is 32.9 Å². The molecule has 0 fully saturated rings. The normalized spacial score (nSPS) is 30.3. The average molecular weight is 238 g/mol. The number of aliphatic hydroxyl groups is 1. The largest absolute Gasteiger partial charge is 0.385 e. The molecule has 0 aliphatic heterocycles. The number of aliphatic hydroxyl groups excluding tert-OH is 1. The molecule has 0 aromatic rings. The zero-order chi connectivity index (χ0) is 13.1. The number of ketones is 1. The second-order valence-corrected chi connectivity index (χ2v) is 5.42. The lowest BCUT2D eigenvalue weighted by Gasteiger charge is -2.35. The van der Waals surface area contributed by atoms with E-state index in [4.69, 9.17) is 0 Å². The summed E-state index contributed by atoms with van der Waals surface area (Å²) in [5, 5.41) is 9.92. The summed E-state index contributed by atoms with van der Waals surface area (Å²) in [5.74, 6) is -0.187. The fraction of sp³-hybridized carbons (Fsp3) is 0.714. The van der Waals surface area contributed by atoms with Gasteiger partial charge in [-0.05, 0) is 31.1 Å². The Hall–Kier alpha value is -0.960. The number of Topliss-reactive ketones (excluding diaryl/α,β-unsaturated/α-hetero) is 1. The number of carbonyl (C=O) groups excluding carboxylic acids is 2. The van der Waals surface area contributed by atoms with Crippen LogP contribution in [-0.4, -0.2) is 23.3 Å². The molecule has 0 heterocycles. The van der Waals surface area contributed by atoms with Crippen molar-refractivity contribution in [3.05, 3.63) is 12.2 Å². The molecule has 3 atom stereocenters. The predicted molar refractivity (Wildman–Crippen MR) is 66.5 cm³/mol. The Balaban J connectivity index is 2.90. The summed E-state index contributed by atoms with van der Waals surface area (Å²) in [7, 11) is 0. The summed E-state index contributed by atoms with van der Waals surface area (Å²) < 4.78 is 0. The van der Waals surface area contributed by atoms with Crippen LogP contribution >= 0.6 is 0 Å². The Morgan fingerprint density at radius 3 is 2.71 bits per heavy atom. The molecule has 3 nitrogen and oxygen atoms in total. The van der Waals surface area contributed by atoms with Gasteiger partial charge in [-0.3, -0.25) is 4.79 Å². The van der Waals surface area contributed by atoms with Gasteiger partial charge in [0.05, 0.1) is 5.41 Å². The highest BCUT2D eigenvalue weighted by atomic mass is 16.3. The van der Waals surface area contributed by atoms with E-state index < -0.39 is 11.5 Å². The number of rotatable bonds is 5. The lowest BCUT2D eigenvalue weighted by Crippen LogP contribution is -2.45. The van der Waals surface area contributed by atoms with Crippen molar-refractivity contribution < 1.29 is 14.7 Å². The maximum absolute atomic E-state index is 12.3. The maximum atomic E-state index is 12.3. The van der Waals surface area contributed by atoms with Crippen LogP contribution in [0.2, 0.25) is 0 Å². The molecule has 1 rings (SSSR count). The van der Waals surface area contributed by atoms with Crippen LogP contribution in [-0.2, 0) is 9.59 Å². The second kappa shape index (κ2) is 5.58. The van der Waals surface area contributed by atoms with E-state index in [0.717, 1.165) is 12.7 Å². The van der Waals surface area contributed by atoms with Crippen molar-refractivity contribution in [3.8, 4) is 0 Å². The first-order valence-corrected chi connectivity index (χ1v) is 6.29. The molecule has 1 aliphatic rings. The molecule has 0 radical (unpaired) electrons. The minimum atomic E-state index is -1.02. The molecular formula is C14H22O3. The van der Waals surface area contributed by atoms with Gasteiger partial charge in [-0.1, -0.05) is 32.9 Å². The van der Waals surface area contributed by atoms with Crippen LogP contribution in [0, 0.1) is 17.3 Å². The van der Waals surface area contributed by atoms with Crippen LogP contribution in [0.4, 0.5) is 0 Å². The number of aldehydes is 1. The Morgan fingerprint density at radius 2 is 2.24 bits per heavy atom. The topological polar surface area (TPSA) is 54.4 Å². The molecule has 0 aromatic heterocycles. The first-order chi connectivity index (χ1) is 7.94. The van der Waals surface area contributed by atoms with Gasteiger partial charge in [-0.15, -0.1) is 0 Å². The van der Waals surface area contributed by atoms with Crippen molar-refractivity contribution >= 4 is 12.1 Å². The first kappa shape index (κ1) is 14.1. The fourth-order valence-corrected chi connectivity index (χ4v) is 2.46. The molecule has 0 amide bonds. The molecule has 1 aliphatic carbocycles. The molecule has 0 spiro atoms. The molecule has 3 heteroatoms. The summed E-state index contributed by atoms with van der Waals surface area (Å²) in [6.07, 6.45) is 5.28. The maximum Gasteiger partial charge on any atom is 0.175 e. The molecule has 0 bridgehead atoms. The van der Waals surface area contributed by atoms with E-state index in [1.165, 1.54) is 0 Å². The van der Waals surface area contributed by atoms with Crippen LogP contribution in [0.1, 0.15) is 40.0 Å². The third kappa shape index (κ3) is 2.83. The van der Waals surface area contributed by atoms with Gasteiger partial charge in [0.25, 0.3) is 0 Å². The molecule has 17 heavy (non-hydrogen) atoms. The van der Waals surface area contributed by atoms with E-state index in [-0.39, 0.29) is 17.6 Å². The number of carbonyl (C=O) groups is 2. The number of hydrogen-bond acceptors (Lipinski definition) is 3. The monoisotopic (exact) mass is 238 g/mol. The Bertz CT molecular complexity index is 319. The van der Waals surface area contributed by atoms with E-state index in [9.17, 15) is 14.7 Å². The summed E-state index contributed by atoms with van der Waals surface area (Å²) in [6, 6.07) is 0. The summed E-state index contributed by atoms with van der Waals surface area (Å²) in [6.45, 7) is 5.77. The van der Waals surface area contributed by atoms with Crippen molar-refractivity contribution in [2.24, 2.45) is 17.3 Å². The Labute approximate surface area is 103 Å². The highest BCUT2D eigenvalue weighted by Gasteiger charge is 2.45.